The number of rotatable bonds is 1. The van der Waals surface area contributed by atoms with E-state index in [0.717, 1.165) is 6.42 Å². The van der Waals surface area contributed by atoms with E-state index in [9.17, 15) is 14.3 Å². The number of aliphatic hydroxyl groups is 1. The van der Waals surface area contributed by atoms with Crippen molar-refractivity contribution >= 4 is 16.8 Å². The molecule has 104 valence electrons. The van der Waals surface area contributed by atoms with Gasteiger partial charge in [-0.2, -0.15) is 0 Å². The second-order valence-corrected chi connectivity index (χ2v) is 5.08. The highest BCUT2D eigenvalue weighted by atomic mass is 19.1. The molecule has 1 atom stereocenters. The number of pyridine rings is 1. The van der Waals surface area contributed by atoms with Gasteiger partial charge in [0.25, 0.3) is 5.91 Å². The molecule has 2 heterocycles. The Morgan fingerprint density at radius 3 is 3.10 bits per heavy atom. The number of carbonyl (C=O) groups is 1. The van der Waals surface area contributed by atoms with Gasteiger partial charge in [0, 0.05) is 24.7 Å². The maximum Gasteiger partial charge on any atom is 0.256 e. The number of hydrogen-bond donors (Lipinski definition) is 1. The molecule has 20 heavy (non-hydrogen) atoms. The Labute approximate surface area is 115 Å². The maximum absolute atomic E-state index is 13.7. The normalized spacial score (nSPS) is 19.3. The zero-order chi connectivity index (χ0) is 14.1. The van der Waals surface area contributed by atoms with Crippen LogP contribution < -0.4 is 0 Å². The van der Waals surface area contributed by atoms with Crippen molar-refractivity contribution in [2.24, 2.45) is 0 Å². The number of amides is 1. The molecular weight excluding hydrogens is 259 g/mol. The van der Waals surface area contributed by atoms with Crippen LogP contribution in [0.4, 0.5) is 4.39 Å². The summed E-state index contributed by atoms with van der Waals surface area (Å²) in [7, 11) is 0. The third-order valence-corrected chi connectivity index (χ3v) is 3.58. The minimum atomic E-state index is -0.500. The van der Waals surface area contributed by atoms with Gasteiger partial charge in [-0.25, -0.2) is 4.39 Å². The Morgan fingerprint density at radius 1 is 1.45 bits per heavy atom. The SMILES string of the molecule is O=C(c1cc(F)cc2cccnc12)N1CCCC(O)C1. The first kappa shape index (κ1) is 13.0. The fraction of sp³-hybridized carbons (Fsp3) is 0.333. The van der Waals surface area contributed by atoms with Crippen molar-refractivity contribution < 1.29 is 14.3 Å². The van der Waals surface area contributed by atoms with E-state index >= 15 is 0 Å². The van der Waals surface area contributed by atoms with Crippen LogP contribution in [0.1, 0.15) is 23.2 Å². The van der Waals surface area contributed by atoms with E-state index in [1.165, 1.54) is 12.1 Å². The number of fused-ring (bicyclic) bond motifs is 1. The van der Waals surface area contributed by atoms with Crippen LogP contribution in [0.5, 0.6) is 0 Å². The van der Waals surface area contributed by atoms with Gasteiger partial charge in [0.2, 0.25) is 0 Å². The third kappa shape index (κ3) is 2.36. The Morgan fingerprint density at radius 2 is 2.30 bits per heavy atom. The topological polar surface area (TPSA) is 53.4 Å². The van der Waals surface area contributed by atoms with E-state index < -0.39 is 11.9 Å². The van der Waals surface area contributed by atoms with Crippen molar-refractivity contribution in [1.82, 2.24) is 9.88 Å². The number of piperidine rings is 1. The van der Waals surface area contributed by atoms with Crippen molar-refractivity contribution in [1.29, 1.82) is 0 Å². The lowest BCUT2D eigenvalue weighted by atomic mass is 10.0. The van der Waals surface area contributed by atoms with E-state index in [0.29, 0.717) is 30.4 Å². The van der Waals surface area contributed by atoms with E-state index in [1.54, 1.807) is 23.2 Å². The van der Waals surface area contributed by atoms with Crippen molar-refractivity contribution in [2.45, 2.75) is 18.9 Å². The van der Waals surface area contributed by atoms with Gasteiger partial charge < -0.3 is 10.0 Å². The summed E-state index contributed by atoms with van der Waals surface area (Å²) in [5.74, 6) is -0.724. The van der Waals surface area contributed by atoms with Gasteiger partial charge in [-0.15, -0.1) is 0 Å². The lowest BCUT2D eigenvalue weighted by Crippen LogP contribution is -2.42. The first-order chi connectivity index (χ1) is 9.65. The molecular formula is C15H15FN2O2. The summed E-state index contributed by atoms with van der Waals surface area (Å²) in [6.45, 7) is 0.879. The van der Waals surface area contributed by atoms with E-state index in [-0.39, 0.29) is 11.5 Å². The number of aliphatic hydroxyl groups excluding tert-OH is 1. The molecule has 1 unspecified atom stereocenters. The van der Waals surface area contributed by atoms with Crippen LogP contribution in [-0.4, -0.2) is 40.1 Å². The number of hydrogen-bond acceptors (Lipinski definition) is 3. The van der Waals surface area contributed by atoms with Crippen molar-refractivity contribution in [2.75, 3.05) is 13.1 Å². The Balaban J connectivity index is 2.02. The van der Waals surface area contributed by atoms with Crippen molar-refractivity contribution in [3.63, 3.8) is 0 Å². The summed E-state index contributed by atoms with van der Waals surface area (Å²) >= 11 is 0. The minimum Gasteiger partial charge on any atom is -0.391 e. The van der Waals surface area contributed by atoms with Gasteiger partial charge in [0.1, 0.15) is 5.82 Å². The fourth-order valence-electron chi connectivity index (χ4n) is 2.63. The first-order valence-electron chi connectivity index (χ1n) is 6.67. The van der Waals surface area contributed by atoms with Gasteiger partial charge in [-0.1, -0.05) is 6.07 Å². The average molecular weight is 274 g/mol. The molecule has 1 aliphatic heterocycles. The first-order valence-corrected chi connectivity index (χ1v) is 6.67. The van der Waals surface area contributed by atoms with Crippen molar-refractivity contribution in [3.8, 4) is 0 Å². The van der Waals surface area contributed by atoms with Crippen LogP contribution in [0.2, 0.25) is 0 Å². The molecule has 1 N–H and O–H groups in total. The summed E-state index contributed by atoms with van der Waals surface area (Å²) in [6, 6.07) is 6.02. The number of carbonyl (C=O) groups excluding carboxylic acids is 1. The second kappa shape index (κ2) is 5.17. The van der Waals surface area contributed by atoms with Crippen LogP contribution in [0.25, 0.3) is 10.9 Å². The second-order valence-electron chi connectivity index (χ2n) is 5.08. The van der Waals surface area contributed by atoms with Crippen LogP contribution in [-0.2, 0) is 0 Å². The Bertz CT molecular complexity index is 659. The number of benzene rings is 1. The zero-order valence-electron chi connectivity index (χ0n) is 10.9. The van der Waals surface area contributed by atoms with E-state index in [2.05, 4.69) is 4.98 Å². The summed E-state index contributed by atoms with van der Waals surface area (Å²) in [5.41, 5.74) is 0.758. The molecule has 4 nitrogen and oxygen atoms in total. The van der Waals surface area contributed by atoms with E-state index in [4.69, 9.17) is 0 Å². The van der Waals surface area contributed by atoms with Crippen LogP contribution in [0.3, 0.4) is 0 Å². The van der Waals surface area contributed by atoms with Gasteiger partial charge >= 0.3 is 0 Å². The fourth-order valence-corrected chi connectivity index (χ4v) is 2.63. The molecule has 0 aliphatic carbocycles. The van der Waals surface area contributed by atoms with Gasteiger partial charge in [-0.3, -0.25) is 9.78 Å². The summed E-state index contributed by atoms with van der Waals surface area (Å²) in [4.78, 5) is 18.3. The van der Waals surface area contributed by atoms with Gasteiger partial charge in [0.05, 0.1) is 17.2 Å². The molecule has 1 aromatic heterocycles. The molecule has 1 saturated heterocycles. The smallest absolute Gasteiger partial charge is 0.256 e. The summed E-state index contributed by atoms with van der Waals surface area (Å²) in [6.07, 6.45) is 2.54. The van der Waals surface area contributed by atoms with Gasteiger partial charge in [-0.05, 0) is 31.0 Å². The molecule has 5 heteroatoms. The minimum absolute atomic E-state index is 0.259. The molecule has 0 spiro atoms. The molecule has 1 aromatic carbocycles. The predicted molar refractivity (Wildman–Crippen MR) is 72.8 cm³/mol. The van der Waals surface area contributed by atoms with E-state index in [1.807, 2.05) is 0 Å². The molecule has 0 radical (unpaired) electrons. The molecule has 0 saturated carbocycles. The number of nitrogens with zero attached hydrogens (tertiary/aromatic N) is 2. The Hall–Kier alpha value is -2.01. The number of halogens is 1. The third-order valence-electron chi connectivity index (χ3n) is 3.58. The number of β-amino-alcohol motifs (C(OH)–C–C–N with tert-alkyl or cyclic N) is 1. The van der Waals surface area contributed by atoms with Crippen molar-refractivity contribution in [3.05, 3.63) is 41.8 Å². The monoisotopic (exact) mass is 274 g/mol. The predicted octanol–water partition coefficient (Wildman–Crippen LogP) is 1.97. The highest BCUT2D eigenvalue weighted by molar-refractivity contribution is 6.05. The quantitative estimate of drug-likeness (QED) is 0.865. The largest absolute Gasteiger partial charge is 0.391 e. The molecule has 1 amide bonds. The van der Waals surface area contributed by atoms with Gasteiger partial charge in [0.15, 0.2) is 0 Å². The molecule has 3 rings (SSSR count). The van der Waals surface area contributed by atoms with Crippen LogP contribution in [0, 0.1) is 5.82 Å². The highest BCUT2D eigenvalue weighted by Crippen LogP contribution is 2.21. The lowest BCUT2D eigenvalue weighted by molar-refractivity contribution is 0.0475. The molecule has 1 fully saturated rings. The number of aromatic nitrogens is 1. The zero-order valence-corrected chi connectivity index (χ0v) is 10.9. The summed E-state index contributed by atoms with van der Waals surface area (Å²) in [5, 5.41) is 10.3. The number of likely N-dealkylation sites (tertiary alicyclic amines) is 1. The van der Waals surface area contributed by atoms with Crippen LogP contribution in [0.15, 0.2) is 30.5 Å². The molecule has 2 aromatic rings. The summed E-state index contributed by atoms with van der Waals surface area (Å²) < 4.78 is 13.7. The maximum atomic E-state index is 13.7. The standard InChI is InChI=1S/C15H15FN2O2/c16-11-7-10-3-1-5-17-14(10)13(8-11)15(20)18-6-2-4-12(19)9-18/h1,3,5,7-8,12,19H,2,4,6,9H2. The van der Waals surface area contributed by atoms with Crippen LogP contribution >= 0.6 is 0 Å². The highest BCUT2D eigenvalue weighted by Gasteiger charge is 2.25. The molecule has 0 bridgehead atoms. The average Bonchev–Trinajstić information content (AvgIpc) is 2.45. The Kier molecular flexibility index (Phi) is 3.36. The lowest BCUT2D eigenvalue weighted by Gasteiger charge is -2.30. The molecule has 1 aliphatic rings.